The third-order valence-electron chi connectivity index (χ3n) is 4.49. The summed E-state index contributed by atoms with van der Waals surface area (Å²) in [6.45, 7) is 5.72. The minimum absolute atomic E-state index is 0.731. The molecule has 136 valence electrons. The van der Waals surface area contributed by atoms with Gasteiger partial charge in [-0.3, -0.25) is 9.67 Å². The number of nitrogens with one attached hydrogen (secondary N) is 1. The van der Waals surface area contributed by atoms with Gasteiger partial charge in [0.15, 0.2) is 5.96 Å². The fraction of sp³-hybridized carbons (Fsp3) is 0.474. The molecule has 0 radical (unpaired) electrons. The molecular weight excluding hydrogens is 314 g/mol. The SMILES string of the molecule is CN=C(NCCc1c(C)nn(C)c1C)N(C)Cc1ccccc1OC. The standard InChI is InChI=1S/C19H29N5O/c1-14-17(15(2)24(5)22-14)11-12-21-19(20-3)23(4)13-16-9-7-8-10-18(16)25-6/h7-10H,11-13H2,1-6H3,(H,20,21). The summed E-state index contributed by atoms with van der Waals surface area (Å²) in [5.74, 6) is 1.76. The number of benzene rings is 1. The molecule has 0 saturated carbocycles. The summed E-state index contributed by atoms with van der Waals surface area (Å²) in [4.78, 5) is 6.49. The van der Waals surface area contributed by atoms with E-state index < -0.39 is 0 Å². The second-order valence-corrected chi connectivity index (χ2v) is 6.16. The summed E-state index contributed by atoms with van der Waals surface area (Å²) in [6, 6.07) is 8.06. The molecule has 2 aromatic rings. The largest absolute Gasteiger partial charge is 0.496 e. The van der Waals surface area contributed by atoms with Crippen LogP contribution in [-0.4, -0.2) is 48.4 Å². The Hall–Kier alpha value is -2.50. The number of hydrogen-bond acceptors (Lipinski definition) is 3. The normalized spacial score (nSPS) is 11.5. The summed E-state index contributed by atoms with van der Waals surface area (Å²) in [5.41, 5.74) is 4.75. The third-order valence-corrected chi connectivity index (χ3v) is 4.49. The van der Waals surface area contributed by atoms with Gasteiger partial charge in [-0.15, -0.1) is 0 Å². The Balaban J connectivity index is 1.95. The number of aromatic nitrogens is 2. The molecule has 1 aromatic heterocycles. The van der Waals surface area contributed by atoms with Gasteiger partial charge in [0.25, 0.3) is 0 Å². The molecule has 0 amide bonds. The number of para-hydroxylation sites is 1. The van der Waals surface area contributed by atoms with Crippen LogP contribution >= 0.6 is 0 Å². The van der Waals surface area contributed by atoms with Crippen molar-refractivity contribution in [2.24, 2.45) is 12.0 Å². The molecule has 0 saturated heterocycles. The maximum atomic E-state index is 5.43. The zero-order chi connectivity index (χ0) is 18.4. The van der Waals surface area contributed by atoms with Crippen LogP contribution in [0.15, 0.2) is 29.3 Å². The summed E-state index contributed by atoms with van der Waals surface area (Å²) < 4.78 is 7.37. The zero-order valence-electron chi connectivity index (χ0n) is 16.1. The van der Waals surface area contributed by atoms with E-state index in [-0.39, 0.29) is 0 Å². The van der Waals surface area contributed by atoms with Gasteiger partial charge >= 0.3 is 0 Å². The van der Waals surface area contributed by atoms with Crippen LogP contribution in [0.1, 0.15) is 22.5 Å². The van der Waals surface area contributed by atoms with Crippen molar-refractivity contribution in [3.05, 3.63) is 46.8 Å². The Morgan fingerprint density at radius 2 is 2.04 bits per heavy atom. The fourth-order valence-electron chi connectivity index (χ4n) is 3.03. The molecule has 0 aliphatic rings. The van der Waals surface area contributed by atoms with Crippen LogP contribution in [-0.2, 0) is 20.0 Å². The number of guanidine groups is 1. The predicted molar refractivity (Wildman–Crippen MR) is 102 cm³/mol. The van der Waals surface area contributed by atoms with E-state index in [2.05, 4.69) is 40.2 Å². The zero-order valence-corrected chi connectivity index (χ0v) is 16.1. The number of methoxy groups -OCH3 is 1. The van der Waals surface area contributed by atoms with Crippen molar-refractivity contribution in [3.63, 3.8) is 0 Å². The lowest BCUT2D eigenvalue weighted by atomic mass is 10.1. The van der Waals surface area contributed by atoms with Gasteiger partial charge in [-0.05, 0) is 31.9 Å². The highest BCUT2D eigenvalue weighted by atomic mass is 16.5. The Morgan fingerprint density at radius 1 is 1.32 bits per heavy atom. The van der Waals surface area contributed by atoms with Crippen LogP contribution in [0.25, 0.3) is 0 Å². The van der Waals surface area contributed by atoms with Gasteiger partial charge in [0.05, 0.1) is 12.8 Å². The molecule has 0 spiro atoms. The maximum Gasteiger partial charge on any atom is 0.193 e. The van der Waals surface area contributed by atoms with Crippen molar-refractivity contribution in [1.82, 2.24) is 20.0 Å². The highest BCUT2D eigenvalue weighted by Gasteiger charge is 2.12. The number of hydrogen-bond donors (Lipinski definition) is 1. The van der Waals surface area contributed by atoms with Crippen LogP contribution < -0.4 is 10.1 Å². The molecule has 6 heteroatoms. The summed E-state index contributed by atoms with van der Waals surface area (Å²) in [6.07, 6.45) is 0.924. The van der Waals surface area contributed by atoms with Crippen molar-refractivity contribution in [1.29, 1.82) is 0 Å². The van der Waals surface area contributed by atoms with E-state index in [1.165, 1.54) is 11.3 Å². The number of nitrogens with zero attached hydrogens (tertiary/aromatic N) is 4. The number of aliphatic imine (C=N–C) groups is 1. The van der Waals surface area contributed by atoms with Crippen LogP contribution in [0.4, 0.5) is 0 Å². The molecule has 0 aliphatic carbocycles. The van der Waals surface area contributed by atoms with Gasteiger partial charge in [0, 0.05) is 45.5 Å². The highest BCUT2D eigenvalue weighted by molar-refractivity contribution is 5.79. The van der Waals surface area contributed by atoms with E-state index >= 15 is 0 Å². The molecule has 0 atom stereocenters. The first-order valence-electron chi connectivity index (χ1n) is 8.50. The molecule has 1 aromatic carbocycles. The number of rotatable bonds is 6. The summed E-state index contributed by atoms with van der Waals surface area (Å²) in [7, 11) is 7.52. The number of ether oxygens (including phenoxy) is 1. The Morgan fingerprint density at radius 3 is 2.64 bits per heavy atom. The molecule has 25 heavy (non-hydrogen) atoms. The van der Waals surface area contributed by atoms with Crippen molar-refractivity contribution in [2.45, 2.75) is 26.8 Å². The molecule has 0 unspecified atom stereocenters. The molecule has 1 N–H and O–H groups in total. The van der Waals surface area contributed by atoms with Crippen molar-refractivity contribution in [2.75, 3.05) is 27.7 Å². The van der Waals surface area contributed by atoms with Gasteiger partial charge in [0.1, 0.15) is 5.75 Å². The van der Waals surface area contributed by atoms with Crippen LogP contribution in [0, 0.1) is 13.8 Å². The summed E-state index contributed by atoms with van der Waals surface area (Å²) >= 11 is 0. The predicted octanol–water partition coefficient (Wildman–Crippen LogP) is 2.30. The van der Waals surface area contributed by atoms with E-state index in [4.69, 9.17) is 4.74 Å². The van der Waals surface area contributed by atoms with Gasteiger partial charge in [-0.25, -0.2) is 0 Å². The van der Waals surface area contributed by atoms with Crippen molar-refractivity contribution < 1.29 is 4.74 Å². The van der Waals surface area contributed by atoms with Crippen molar-refractivity contribution in [3.8, 4) is 5.75 Å². The second-order valence-electron chi connectivity index (χ2n) is 6.16. The van der Waals surface area contributed by atoms with Crippen LogP contribution in [0.3, 0.4) is 0 Å². The first kappa shape index (κ1) is 18.8. The van der Waals surface area contributed by atoms with Gasteiger partial charge in [-0.2, -0.15) is 5.10 Å². The highest BCUT2D eigenvalue weighted by Crippen LogP contribution is 2.18. The molecule has 0 aliphatic heterocycles. The van der Waals surface area contributed by atoms with E-state index in [1.54, 1.807) is 7.11 Å². The van der Waals surface area contributed by atoms with E-state index in [0.717, 1.165) is 42.5 Å². The molecular formula is C19H29N5O. The van der Waals surface area contributed by atoms with E-state index in [0.29, 0.717) is 0 Å². The number of aryl methyl sites for hydroxylation is 2. The fourth-order valence-corrected chi connectivity index (χ4v) is 3.03. The van der Waals surface area contributed by atoms with Crippen LogP contribution in [0.2, 0.25) is 0 Å². The Bertz CT molecular complexity index is 735. The molecule has 6 nitrogen and oxygen atoms in total. The first-order valence-corrected chi connectivity index (χ1v) is 8.50. The minimum Gasteiger partial charge on any atom is -0.496 e. The third kappa shape index (κ3) is 4.53. The molecule has 0 fully saturated rings. The van der Waals surface area contributed by atoms with Crippen LogP contribution in [0.5, 0.6) is 5.75 Å². The molecule has 1 heterocycles. The average molecular weight is 343 g/mol. The molecule has 0 bridgehead atoms. The van der Waals surface area contributed by atoms with Gasteiger partial charge in [0.2, 0.25) is 0 Å². The quantitative estimate of drug-likeness (QED) is 0.646. The Labute approximate surface area is 150 Å². The van der Waals surface area contributed by atoms with E-state index in [1.807, 2.05) is 44.0 Å². The van der Waals surface area contributed by atoms with Gasteiger partial charge in [-0.1, -0.05) is 18.2 Å². The summed E-state index contributed by atoms with van der Waals surface area (Å²) in [5, 5.41) is 7.91. The second kappa shape index (κ2) is 8.55. The lowest BCUT2D eigenvalue weighted by Crippen LogP contribution is -2.39. The minimum atomic E-state index is 0.731. The Kier molecular flexibility index (Phi) is 6.44. The average Bonchev–Trinajstić information content (AvgIpc) is 2.84. The smallest absolute Gasteiger partial charge is 0.193 e. The lowest BCUT2D eigenvalue weighted by molar-refractivity contribution is 0.396. The van der Waals surface area contributed by atoms with E-state index in [9.17, 15) is 0 Å². The van der Waals surface area contributed by atoms with Gasteiger partial charge < -0.3 is 15.0 Å². The topological polar surface area (TPSA) is 54.7 Å². The molecule has 2 rings (SSSR count). The monoisotopic (exact) mass is 343 g/mol. The first-order chi connectivity index (χ1) is 12.0. The van der Waals surface area contributed by atoms with Crippen molar-refractivity contribution >= 4 is 5.96 Å². The maximum absolute atomic E-state index is 5.43. The lowest BCUT2D eigenvalue weighted by Gasteiger charge is -2.23.